The van der Waals surface area contributed by atoms with E-state index in [2.05, 4.69) is 0 Å². The molecule has 11 nitrogen and oxygen atoms in total. The van der Waals surface area contributed by atoms with Crippen molar-refractivity contribution in [1.82, 2.24) is 0 Å². The first-order chi connectivity index (χ1) is 15.1. The number of phenols is 4. The predicted molar refractivity (Wildman–Crippen MR) is 105 cm³/mol. The van der Waals surface area contributed by atoms with Gasteiger partial charge in [-0.05, 0) is 17.7 Å². The maximum absolute atomic E-state index is 12.8. The number of hydrogen-bond acceptors (Lipinski definition) is 11. The summed E-state index contributed by atoms with van der Waals surface area (Å²) in [7, 11) is 0. The number of aliphatic hydroxyl groups is 4. The topological polar surface area (TPSA) is 197 Å². The van der Waals surface area contributed by atoms with Crippen molar-refractivity contribution in [3.8, 4) is 28.7 Å². The van der Waals surface area contributed by atoms with Crippen molar-refractivity contribution in [2.24, 2.45) is 0 Å². The molecule has 2 heterocycles. The van der Waals surface area contributed by atoms with Gasteiger partial charge in [0.15, 0.2) is 17.3 Å². The van der Waals surface area contributed by atoms with Crippen LogP contribution >= 0.6 is 0 Å². The number of ketones is 1. The van der Waals surface area contributed by atoms with Gasteiger partial charge in [-0.25, -0.2) is 0 Å². The first-order valence-electron chi connectivity index (χ1n) is 9.75. The highest BCUT2D eigenvalue weighted by atomic mass is 16.5. The second-order valence-electron chi connectivity index (χ2n) is 7.76. The van der Waals surface area contributed by atoms with Crippen molar-refractivity contribution < 1.29 is 55.1 Å². The second-order valence-corrected chi connectivity index (χ2v) is 7.76. The molecule has 0 amide bonds. The Bertz CT molecular complexity index is 1050. The molecule has 0 unspecified atom stereocenters. The smallest absolute Gasteiger partial charge is 0.174 e. The summed E-state index contributed by atoms with van der Waals surface area (Å²) in [6.45, 7) is -0.711. The Kier molecular flexibility index (Phi) is 5.61. The number of ether oxygens (including phenoxy) is 2. The lowest BCUT2D eigenvalue weighted by Crippen LogP contribution is -2.55. The minimum atomic E-state index is -1.78. The zero-order valence-electron chi connectivity index (χ0n) is 16.5. The summed E-state index contributed by atoms with van der Waals surface area (Å²) in [6, 6.07) is 4.93. The van der Waals surface area contributed by atoms with Crippen molar-refractivity contribution in [1.29, 1.82) is 0 Å². The molecule has 2 aliphatic rings. The molecule has 0 spiro atoms. The summed E-state index contributed by atoms with van der Waals surface area (Å²) >= 11 is 0. The van der Waals surface area contributed by atoms with Gasteiger partial charge in [0, 0.05) is 6.07 Å². The van der Waals surface area contributed by atoms with Crippen molar-refractivity contribution in [2.75, 3.05) is 6.61 Å². The predicted octanol–water partition coefficient (Wildman–Crippen LogP) is -0.270. The number of hydrogen-bond donors (Lipinski definition) is 8. The Morgan fingerprint density at radius 2 is 1.62 bits per heavy atom. The van der Waals surface area contributed by atoms with Crippen LogP contribution in [0.1, 0.15) is 40.1 Å². The van der Waals surface area contributed by atoms with Gasteiger partial charge in [0.1, 0.15) is 59.4 Å². The molecule has 0 aliphatic carbocycles. The quantitative estimate of drug-likeness (QED) is 0.287. The van der Waals surface area contributed by atoms with Gasteiger partial charge in [0.05, 0.1) is 18.6 Å². The molecule has 0 bridgehead atoms. The number of aromatic hydroxyl groups is 4. The minimum Gasteiger partial charge on any atom is -0.507 e. The fraction of sp³-hybridized carbons (Fsp3) is 0.381. The Labute approximate surface area is 181 Å². The Hall–Kier alpha value is -3.09. The highest BCUT2D eigenvalue weighted by Gasteiger charge is 2.47. The molecule has 0 saturated carbocycles. The van der Waals surface area contributed by atoms with E-state index in [4.69, 9.17) is 9.47 Å². The Balaban J connectivity index is 1.72. The summed E-state index contributed by atoms with van der Waals surface area (Å²) < 4.78 is 11.1. The van der Waals surface area contributed by atoms with E-state index < -0.39 is 71.8 Å². The molecule has 1 saturated heterocycles. The number of fused-ring (bicyclic) bond motifs is 1. The molecule has 172 valence electrons. The van der Waals surface area contributed by atoms with Gasteiger partial charge in [-0.3, -0.25) is 4.79 Å². The maximum atomic E-state index is 12.8. The van der Waals surface area contributed by atoms with Gasteiger partial charge >= 0.3 is 0 Å². The standard InChI is InChI=1S/C21H22O11/c22-6-14-17(27)19(29)20(30)21(32-14)16-11(26)5-13-15(18(16)28)10(25)4-12(31-13)7-1-2-8(23)9(24)3-7/h1-3,5,12,14,17,19-24,26-30H,4,6H2/t12-,14+,17+,19-,20+,21-/m0/s1. The van der Waals surface area contributed by atoms with E-state index in [9.17, 15) is 45.6 Å². The van der Waals surface area contributed by atoms with Crippen LogP contribution in [0.5, 0.6) is 28.7 Å². The van der Waals surface area contributed by atoms with Crippen molar-refractivity contribution in [3.05, 3.63) is 41.0 Å². The number of rotatable bonds is 3. The van der Waals surface area contributed by atoms with E-state index in [1.807, 2.05) is 0 Å². The first-order valence-corrected chi connectivity index (χ1v) is 9.75. The van der Waals surface area contributed by atoms with Crippen molar-refractivity contribution in [3.63, 3.8) is 0 Å². The lowest BCUT2D eigenvalue weighted by molar-refractivity contribution is -0.232. The minimum absolute atomic E-state index is 0.165. The molecule has 1 fully saturated rings. The molecule has 4 rings (SSSR count). The third kappa shape index (κ3) is 3.49. The first kappa shape index (κ1) is 22.1. The highest BCUT2D eigenvalue weighted by Crippen LogP contribution is 2.49. The summed E-state index contributed by atoms with van der Waals surface area (Å²) in [4.78, 5) is 12.8. The van der Waals surface area contributed by atoms with Crippen LogP contribution in [0.3, 0.4) is 0 Å². The summed E-state index contributed by atoms with van der Waals surface area (Å²) in [5.74, 6) is -2.85. The van der Waals surface area contributed by atoms with Crippen LogP contribution in [0, 0.1) is 0 Å². The molecule has 8 N–H and O–H groups in total. The van der Waals surface area contributed by atoms with E-state index in [1.54, 1.807) is 0 Å². The van der Waals surface area contributed by atoms with E-state index in [0.29, 0.717) is 5.56 Å². The summed E-state index contributed by atoms with van der Waals surface area (Å²) in [5.41, 5.74) is -0.316. The third-order valence-corrected chi connectivity index (χ3v) is 5.75. The lowest BCUT2D eigenvalue weighted by atomic mass is 9.87. The van der Waals surface area contributed by atoms with Crippen LogP contribution in [0.2, 0.25) is 0 Å². The normalized spacial score (nSPS) is 29.9. The third-order valence-electron chi connectivity index (χ3n) is 5.75. The molecule has 0 aromatic heterocycles. The van der Waals surface area contributed by atoms with Crippen LogP contribution in [-0.4, -0.2) is 77.7 Å². The van der Waals surface area contributed by atoms with Gasteiger partial charge < -0.3 is 50.3 Å². The van der Waals surface area contributed by atoms with Gasteiger partial charge in [0.2, 0.25) is 0 Å². The largest absolute Gasteiger partial charge is 0.507 e. The second kappa shape index (κ2) is 8.11. The molecule has 6 atom stereocenters. The molecule has 11 heteroatoms. The number of Topliss-reactive ketones (excluding diaryl/α,β-unsaturated/α-hetero) is 1. The highest BCUT2D eigenvalue weighted by molar-refractivity contribution is 6.03. The van der Waals surface area contributed by atoms with Gasteiger partial charge in [0.25, 0.3) is 0 Å². The molecule has 32 heavy (non-hydrogen) atoms. The average Bonchev–Trinajstić information content (AvgIpc) is 2.74. The fourth-order valence-electron chi connectivity index (χ4n) is 4.02. The molecule has 2 aliphatic heterocycles. The molecule has 2 aromatic rings. The van der Waals surface area contributed by atoms with E-state index >= 15 is 0 Å². The molecular formula is C21H22O11. The van der Waals surface area contributed by atoms with Crippen LogP contribution in [-0.2, 0) is 4.74 Å². The van der Waals surface area contributed by atoms with E-state index in [0.717, 1.165) is 6.07 Å². The molecule has 2 aromatic carbocycles. The summed E-state index contributed by atoms with van der Waals surface area (Å²) in [6.07, 6.45) is -9.14. The van der Waals surface area contributed by atoms with E-state index in [1.165, 1.54) is 18.2 Å². The van der Waals surface area contributed by atoms with Crippen molar-refractivity contribution >= 4 is 5.78 Å². The average molecular weight is 450 g/mol. The Morgan fingerprint density at radius 1 is 0.906 bits per heavy atom. The van der Waals surface area contributed by atoms with Gasteiger partial charge in [-0.2, -0.15) is 0 Å². The van der Waals surface area contributed by atoms with Crippen molar-refractivity contribution in [2.45, 2.75) is 43.0 Å². The van der Waals surface area contributed by atoms with E-state index in [-0.39, 0.29) is 23.5 Å². The number of benzene rings is 2. The monoisotopic (exact) mass is 450 g/mol. The van der Waals surface area contributed by atoms with Crippen LogP contribution < -0.4 is 4.74 Å². The van der Waals surface area contributed by atoms with Crippen LogP contribution in [0.4, 0.5) is 0 Å². The lowest BCUT2D eigenvalue weighted by Gasteiger charge is -2.40. The number of phenolic OH excluding ortho intramolecular Hbond substituents is 4. The Morgan fingerprint density at radius 3 is 2.28 bits per heavy atom. The number of carbonyl (C=O) groups excluding carboxylic acids is 1. The molecule has 0 radical (unpaired) electrons. The number of aliphatic hydroxyl groups excluding tert-OH is 4. The number of carbonyl (C=O) groups is 1. The maximum Gasteiger partial charge on any atom is 0.174 e. The zero-order chi connectivity index (χ0) is 23.3. The van der Waals surface area contributed by atoms with Gasteiger partial charge in [-0.1, -0.05) is 6.07 Å². The zero-order valence-corrected chi connectivity index (χ0v) is 16.5. The van der Waals surface area contributed by atoms with Crippen LogP contribution in [0.15, 0.2) is 24.3 Å². The molecular weight excluding hydrogens is 428 g/mol. The summed E-state index contributed by atoms with van der Waals surface area (Å²) in [5, 5.41) is 80.1. The van der Waals surface area contributed by atoms with Crippen LogP contribution in [0.25, 0.3) is 0 Å². The fourth-order valence-corrected chi connectivity index (χ4v) is 4.02. The SMILES string of the molecule is O=C1C[C@@H](c2ccc(O)c(O)c2)Oc2cc(O)c([C@@H]3O[C@H](CO)[C@@H](O)[C@H](O)[C@H]3O)c(O)c21. The van der Waals surface area contributed by atoms with Gasteiger partial charge in [-0.15, -0.1) is 0 Å².